The minimum absolute atomic E-state index is 0.0242. The highest BCUT2D eigenvalue weighted by Crippen LogP contribution is 2.37. The number of aliphatic hydroxyl groups excluding tert-OH is 1. The van der Waals surface area contributed by atoms with Crippen LogP contribution >= 0.6 is 0 Å². The zero-order valence-electron chi connectivity index (χ0n) is 12.4. The highest BCUT2D eigenvalue weighted by molar-refractivity contribution is 7.89. The molecule has 0 radical (unpaired) electrons. The van der Waals surface area contributed by atoms with Gasteiger partial charge in [-0.2, -0.15) is 0 Å². The molecule has 0 saturated heterocycles. The Hall–Kier alpha value is -1.35. The highest BCUT2D eigenvalue weighted by atomic mass is 32.2. The normalized spacial score (nSPS) is 20.8. The van der Waals surface area contributed by atoms with Crippen LogP contribution in [-0.4, -0.2) is 26.2 Å². The van der Waals surface area contributed by atoms with Gasteiger partial charge in [0.15, 0.2) is 0 Å². The van der Waals surface area contributed by atoms with Gasteiger partial charge in [-0.05, 0) is 36.8 Å². The van der Waals surface area contributed by atoms with Gasteiger partial charge in [0.25, 0.3) is 0 Å². The van der Waals surface area contributed by atoms with E-state index in [9.17, 15) is 8.42 Å². The molecule has 0 aliphatic heterocycles. The van der Waals surface area contributed by atoms with E-state index in [2.05, 4.69) is 30.4 Å². The van der Waals surface area contributed by atoms with Crippen LogP contribution in [0.1, 0.15) is 38.7 Å². The summed E-state index contributed by atoms with van der Waals surface area (Å²) >= 11 is 0. The number of aliphatic hydroxyl groups is 1. The lowest BCUT2D eigenvalue weighted by Gasteiger charge is -2.18. The second kappa shape index (κ2) is 6.18. The monoisotopic (exact) mass is 307 g/mol. The molecule has 1 aromatic rings. The molecule has 1 unspecified atom stereocenters. The lowest BCUT2D eigenvalue weighted by Crippen LogP contribution is -2.33. The highest BCUT2D eigenvalue weighted by Gasteiger charge is 2.33. The molecule has 1 saturated carbocycles. The molecule has 1 aromatic carbocycles. The van der Waals surface area contributed by atoms with Crippen LogP contribution in [-0.2, 0) is 10.0 Å². The van der Waals surface area contributed by atoms with Gasteiger partial charge in [0.05, 0.1) is 4.90 Å². The van der Waals surface area contributed by atoms with E-state index in [1.807, 2.05) is 0 Å². The Morgan fingerprint density at radius 3 is 2.71 bits per heavy atom. The molecular formula is C16H21NO3S. The summed E-state index contributed by atoms with van der Waals surface area (Å²) in [6.07, 6.45) is 2.72. The van der Waals surface area contributed by atoms with Gasteiger partial charge in [-0.25, -0.2) is 13.1 Å². The topological polar surface area (TPSA) is 66.4 Å². The molecule has 2 N–H and O–H groups in total. The molecule has 0 aromatic heterocycles. The van der Waals surface area contributed by atoms with Crippen molar-refractivity contribution in [3.05, 3.63) is 29.8 Å². The quantitative estimate of drug-likeness (QED) is 0.838. The zero-order chi connectivity index (χ0) is 15.5. The van der Waals surface area contributed by atoms with Crippen molar-refractivity contribution in [3.63, 3.8) is 0 Å². The maximum atomic E-state index is 12.5. The Balaban J connectivity index is 2.24. The summed E-state index contributed by atoms with van der Waals surface area (Å²) in [6, 6.07) is 6.58. The molecule has 4 nitrogen and oxygen atoms in total. The summed E-state index contributed by atoms with van der Waals surface area (Å²) in [5.41, 5.74) is 0.597. The first-order valence-corrected chi connectivity index (χ1v) is 8.53. The van der Waals surface area contributed by atoms with Crippen molar-refractivity contribution in [2.75, 3.05) is 6.61 Å². The summed E-state index contributed by atoms with van der Waals surface area (Å²) in [4.78, 5) is 0.177. The van der Waals surface area contributed by atoms with Crippen LogP contribution in [0, 0.1) is 17.3 Å². The minimum Gasteiger partial charge on any atom is -0.384 e. The van der Waals surface area contributed by atoms with Gasteiger partial charge in [0, 0.05) is 11.6 Å². The van der Waals surface area contributed by atoms with E-state index >= 15 is 0 Å². The fraction of sp³-hybridized carbons (Fsp3) is 0.500. The van der Waals surface area contributed by atoms with Gasteiger partial charge in [-0.3, -0.25) is 0 Å². The Morgan fingerprint density at radius 2 is 2.10 bits per heavy atom. The van der Waals surface area contributed by atoms with Crippen molar-refractivity contribution < 1.29 is 13.5 Å². The number of hydrogen-bond acceptors (Lipinski definition) is 3. The fourth-order valence-corrected chi connectivity index (χ4v) is 4.19. The van der Waals surface area contributed by atoms with Crippen LogP contribution in [0.5, 0.6) is 0 Å². The first-order valence-electron chi connectivity index (χ1n) is 7.05. The van der Waals surface area contributed by atoms with Crippen molar-refractivity contribution in [2.24, 2.45) is 5.41 Å². The number of sulfonamides is 1. The van der Waals surface area contributed by atoms with Crippen LogP contribution in [0.2, 0.25) is 0 Å². The van der Waals surface area contributed by atoms with Gasteiger partial charge >= 0.3 is 0 Å². The smallest absolute Gasteiger partial charge is 0.242 e. The Morgan fingerprint density at radius 1 is 1.38 bits per heavy atom. The van der Waals surface area contributed by atoms with E-state index in [1.54, 1.807) is 24.3 Å². The van der Waals surface area contributed by atoms with E-state index in [-0.39, 0.29) is 23.0 Å². The predicted molar refractivity (Wildman–Crippen MR) is 82.1 cm³/mol. The molecule has 0 amide bonds. The van der Waals surface area contributed by atoms with Gasteiger partial charge in [-0.15, -0.1) is 0 Å². The zero-order valence-corrected chi connectivity index (χ0v) is 13.2. The molecule has 1 atom stereocenters. The van der Waals surface area contributed by atoms with Crippen LogP contribution in [0.4, 0.5) is 0 Å². The van der Waals surface area contributed by atoms with Crippen molar-refractivity contribution in [2.45, 2.75) is 44.0 Å². The van der Waals surface area contributed by atoms with Crippen LogP contribution < -0.4 is 4.72 Å². The molecule has 0 heterocycles. The van der Waals surface area contributed by atoms with Crippen molar-refractivity contribution in [1.82, 2.24) is 4.72 Å². The number of benzene rings is 1. The average Bonchev–Trinajstić information content (AvgIpc) is 2.75. The third-order valence-electron chi connectivity index (χ3n) is 3.77. The lowest BCUT2D eigenvalue weighted by atomic mass is 9.92. The molecule has 1 aliphatic rings. The predicted octanol–water partition coefficient (Wildman–Crippen LogP) is 1.89. The van der Waals surface area contributed by atoms with E-state index in [0.717, 1.165) is 19.3 Å². The second-order valence-corrected chi connectivity index (χ2v) is 7.86. The standard InChI is InChI=1S/C16H21NO3S/c1-16(2)10-9-14(12-16)17-21(19,20)15-8-4-3-6-13(15)7-5-11-18/h3-4,6,8,14,17-18H,9-12H2,1-2H3. The number of rotatable bonds is 3. The molecule has 2 rings (SSSR count). The van der Waals surface area contributed by atoms with E-state index in [0.29, 0.717) is 5.56 Å². The molecule has 1 fully saturated rings. The number of nitrogens with one attached hydrogen (secondary N) is 1. The van der Waals surface area contributed by atoms with Gasteiger partial charge in [-0.1, -0.05) is 37.8 Å². The minimum atomic E-state index is -3.59. The molecule has 21 heavy (non-hydrogen) atoms. The summed E-state index contributed by atoms with van der Waals surface area (Å²) < 4.78 is 27.9. The van der Waals surface area contributed by atoms with E-state index < -0.39 is 10.0 Å². The third-order valence-corrected chi connectivity index (χ3v) is 5.35. The van der Waals surface area contributed by atoms with Crippen molar-refractivity contribution in [1.29, 1.82) is 0 Å². The molecular weight excluding hydrogens is 286 g/mol. The lowest BCUT2D eigenvalue weighted by molar-refractivity contribution is 0.350. The Labute approximate surface area is 126 Å². The van der Waals surface area contributed by atoms with Gasteiger partial charge in [0.2, 0.25) is 10.0 Å². The molecule has 5 heteroatoms. The molecule has 1 aliphatic carbocycles. The molecule has 114 valence electrons. The second-order valence-electron chi connectivity index (χ2n) is 6.18. The molecule has 0 spiro atoms. The van der Waals surface area contributed by atoms with Crippen LogP contribution in [0.25, 0.3) is 0 Å². The summed E-state index contributed by atoms with van der Waals surface area (Å²) in [5.74, 6) is 5.19. The summed E-state index contributed by atoms with van der Waals surface area (Å²) in [7, 11) is -3.59. The SMILES string of the molecule is CC1(C)CCC(NS(=O)(=O)c2ccccc2C#CCO)C1. The van der Waals surface area contributed by atoms with Crippen LogP contribution in [0.15, 0.2) is 29.2 Å². The first kappa shape index (κ1) is 16.0. The first-order chi connectivity index (χ1) is 9.84. The number of hydrogen-bond donors (Lipinski definition) is 2. The van der Waals surface area contributed by atoms with Crippen LogP contribution in [0.3, 0.4) is 0 Å². The summed E-state index contributed by atoms with van der Waals surface area (Å²) in [5, 5.41) is 8.77. The molecule has 0 bridgehead atoms. The Bertz CT molecular complexity index is 668. The third kappa shape index (κ3) is 4.07. The van der Waals surface area contributed by atoms with Crippen molar-refractivity contribution >= 4 is 10.0 Å². The maximum Gasteiger partial charge on any atom is 0.242 e. The largest absolute Gasteiger partial charge is 0.384 e. The van der Waals surface area contributed by atoms with E-state index in [1.165, 1.54) is 0 Å². The summed E-state index contributed by atoms with van der Waals surface area (Å²) in [6.45, 7) is 4.02. The maximum absolute atomic E-state index is 12.5. The van der Waals surface area contributed by atoms with E-state index in [4.69, 9.17) is 5.11 Å². The fourth-order valence-electron chi connectivity index (χ4n) is 2.76. The Kier molecular flexibility index (Phi) is 4.72. The van der Waals surface area contributed by atoms with Gasteiger partial charge < -0.3 is 5.11 Å². The van der Waals surface area contributed by atoms with Gasteiger partial charge in [0.1, 0.15) is 6.61 Å². The van der Waals surface area contributed by atoms with Crippen molar-refractivity contribution in [3.8, 4) is 11.8 Å². The average molecular weight is 307 g/mol.